The van der Waals surface area contributed by atoms with Gasteiger partial charge in [0, 0.05) is 25.5 Å². The maximum Gasteiger partial charge on any atom is 0.358 e. The minimum absolute atomic E-state index is 0.0396. The van der Waals surface area contributed by atoms with Crippen LogP contribution < -0.4 is 5.32 Å². The van der Waals surface area contributed by atoms with E-state index in [0.29, 0.717) is 19.6 Å². The Morgan fingerprint density at radius 3 is 3.06 bits per heavy atom. The van der Waals surface area contributed by atoms with Crippen LogP contribution in [0.4, 0.5) is 0 Å². The molecule has 7 nitrogen and oxygen atoms in total. The molecule has 0 aromatic carbocycles. The van der Waals surface area contributed by atoms with Crippen molar-refractivity contribution < 1.29 is 9.90 Å². The van der Waals surface area contributed by atoms with E-state index in [2.05, 4.69) is 20.6 Å². The fourth-order valence-corrected chi connectivity index (χ4v) is 1.43. The number of carbonyl (C=O) groups is 1. The zero-order valence-corrected chi connectivity index (χ0v) is 9.65. The van der Waals surface area contributed by atoms with Crippen molar-refractivity contribution in [2.75, 3.05) is 6.54 Å². The molecule has 0 aliphatic heterocycles. The predicted molar refractivity (Wildman–Crippen MR) is 62.9 cm³/mol. The zero-order valence-electron chi connectivity index (χ0n) is 9.65. The van der Waals surface area contributed by atoms with Gasteiger partial charge in [-0.15, -0.1) is 5.10 Å². The SMILES string of the molecule is O=C(O)c1cn(CCNCc2cccnc2)nn1. The van der Waals surface area contributed by atoms with Gasteiger partial charge in [0.2, 0.25) is 0 Å². The average Bonchev–Trinajstić information content (AvgIpc) is 2.85. The van der Waals surface area contributed by atoms with Gasteiger partial charge in [0.05, 0.1) is 12.7 Å². The second-order valence-electron chi connectivity index (χ2n) is 3.71. The average molecular weight is 247 g/mol. The van der Waals surface area contributed by atoms with Crippen molar-refractivity contribution in [1.82, 2.24) is 25.3 Å². The number of carboxylic acids is 1. The summed E-state index contributed by atoms with van der Waals surface area (Å²) in [7, 11) is 0. The molecular weight excluding hydrogens is 234 g/mol. The summed E-state index contributed by atoms with van der Waals surface area (Å²) in [5, 5.41) is 19.1. The normalized spacial score (nSPS) is 10.4. The Bertz CT molecular complexity index is 511. The number of pyridine rings is 1. The lowest BCUT2D eigenvalue weighted by molar-refractivity contribution is 0.0690. The molecule has 0 spiro atoms. The number of nitrogens with one attached hydrogen (secondary N) is 1. The van der Waals surface area contributed by atoms with Crippen molar-refractivity contribution in [3.8, 4) is 0 Å². The Hall–Kier alpha value is -2.28. The van der Waals surface area contributed by atoms with Gasteiger partial charge in [-0.25, -0.2) is 4.79 Å². The molecule has 0 atom stereocenters. The molecule has 2 aromatic rings. The largest absolute Gasteiger partial charge is 0.476 e. The Balaban J connectivity index is 1.73. The highest BCUT2D eigenvalue weighted by molar-refractivity contribution is 5.84. The first-order valence-corrected chi connectivity index (χ1v) is 5.49. The summed E-state index contributed by atoms with van der Waals surface area (Å²) in [6.45, 7) is 1.96. The summed E-state index contributed by atoms with van der Waals surface area (Å²) in [5.74, 6) is -1.07. The molecule has 0 saturated heterocycles. The summed E-state index contributed by atoms with van der Waals surface area (Å²) < 4.78 is 1.50. The smallest absolute Gasteiger partial charge is 0.358 e. The number of carboxylic acid groups (broad SMARTS) is 1. The second-order valence-corrected chi connectivity index (χ2v) is 3.71. The van der Waals surface area contributed by atoms with Gasteiger partial charge in [0.15, 0.2) is 5.69 Å². The van der Waals surface area contributed by atoms with Crippen LogP contribution in [0.3, 0.4) is 0 Å². The third-order valence-electron chi connectivity index (χ3n) is 2.33. The van der Waals surface area contributed by atoms with Crippen LogP contribution in [-0.4, -0.2) is 37.6 Å². The molecule has 7 heteroatoms. The maximum atomic E-state index is 10.6. The molecular formula is C11H13N5O2. The van der Waals surface area contributed by atoms with Crippen molar-refractivity contribution in [2.45, 2.75) is 13.1 Å². The van der Waals surface area contributed by atoms with E-state index in [1.54, 1.807) is 12.4 Å². The number of aromatic carboxylic acids is 1. The maximum absolute atomic E-state index is 10.6. The molecule has 0 unspecified atom stereocenters. The van der Waals surface area contributed by atoms with E-state index in [0.717, 1.165) is 5.56 Å². The van der Waals surface area contributed by atoms with Gasteiger partial charge in [-0.3, -0.25) is 9.67 Å². The van der Waals surface area contributed by atoms with Crippen LogP contribution in [0.15, 0.2) is 30.7 Å². The highest BCUT2D eigenvalue weighted by atomic mass is 16.4. The Morgan fingerprint density at radius 2 is 2.39 bits per heavy atom. The minimum atomic E-state index is -1.07. The lowest BCUT2D eigenvalue weighted by atomic mass is 10.3. The first kappa shape index (κ1) is 12.2. The van der Waals surface area contributed by atoms with E-state index >= 15 is 0 Å². The number of aromatic nitrogens is 4. The molecule has 2 aromatic heterocycles. The molecule has 0 radical (unpaired) electrons. The fourth-order valence-electron chi connectivity index (χ4n) is 1.43. The molecule has 0 saturated carbocycles. The van der Waals surface area contributed by atoms with Crippen LogP contribution in [0.1, 0.15) is 16.1 Å². The van der Waals surface area contributed by atoms with Crippen molar-refractivity contribution in [1.29, 1.82) is 0 Å². The van der Waals surface area contributed by atoms with Crippen LogP contribution in [-0.2, 0) is 13.1 Å². The zero-order chi connectivity index (χ0) is 12.8. The summed E-state index contributed by atoms with van der Waals surface area (Å²) in [4.78, 5) is 14.6. The Morgan fingerprint density at radius 1 is 1.50 bits per heavy atom. The summed E-state index contributed by atoms with van der Waals surface area (Å²) >= 11 is 0. The van der Waals surface area contributed by atoms with Crippen molar-refractivity contribution >= 4 is 5.97 Å². The summed E-state index contributed by atoms with van der Waals surface area (Å²) in [6.07, 6.45) is 4.94. The number of hydrogen-bond donors (Lipinski definition) is 2. The monoisotopic (exact) mass is 247 g/mol. The summed E-state index contributed by atoms with van der Waals surface area (Å²) in [6, 6.07) is 3.87. The standard InChI is InChI=1S/C11H13N5O2/c17-11(18)10-8-16(15-14-10)5-4-13-7-9-2-1-3-12-6-9/h1-3,6,8,13H,4-5,7H2,(H,17,18). The molecule has 0 amide bonds. The van der Waals surface area contributed by atoms with Gasteiger partial charge in [-0.2, -0.15) is 0 Å². The third-order valence-corrected chi connectivity index (χ3v) is 2.33. The second kappa shape index (κ2) is 5.87. The predicted octanol–water partition coefficient (Wildman–Crippen LogP) is 0.161. The number of nitrogens with zero attached hydrogens (tertiary/aromatic N) is 4. The molecule has 2 heterocycles. The lowest BCUT2D eigenvalue weighted by Gasteiger charge is -2.03. The number of hydrogen-bond acceptors (Lipinski definition) is 5. The molecule has 2 rings (SSSR count). The molecule has 0 fully saturated rings. The van der Waals surface area contributed by atoms with E-state index in [4.69, 9.17) is 5.11 Å². The van der Waals surface area contributed by atoms with Crippen LogP contribution in [0, 0.1) is 0 Å². The van der Waals surface area contributed by atoms with Gasteiger partial charge in [-0.05, 0) is 11.6 Å². The Kier molecular flexibility index (Phi) is 3.98. The van der Waals surface area contributed by atoms with Gasteiger partial charge in [-0.1, -0.05) is 11.3 Å². The Labute approximate surface area is 103 Å². The van der Waals surface area contributed by atoms with Gasteiger partial charge in [0.25, 0.3) is 0 Å². The first-order chi connectivity index (χ1) is 8.75. The topological polar surface area (TPSA) is 92.9 Å². The molecule has 94 valence electrons. The summed E-state index contributed by atoms with van der Waals surface area (Å²) in [5.41, 5.74) is 1.06. The van der Waals surface area contributed by atoms with Crippen LogP contribution in [0.5, 0.6) is 0 Å². The van der Waals surface area contributed by atoms with E-state index in [1.807, 2.05) is 12.1 Å². The minimum Gasteiger partial charge on any atom is -0.476 e. The molecule has 2 N–H and O–H groups in total. The van der Waals surface area contributed by atoms with E-state index in [1.165, 1.54) is 10.9 Å². The van der Waals surface area contributed by atoms with E-state index < -0.39 is 5.97 Å². The molecule has 0 aliphatic carbocycles. The molecule has 0 aliphatic rings. The molecule has 18 heavy (non-hydrogen) atoms. The number of rotatable bonds is 6. The first-order valence-electron chi connectivity index (χ1n) is 5.49. The third kappa shape index (κ3) is 3.36. The van der Waals surface area contributed by atoms with Gasteiger partial charge in [0.1, 0.15) is 0 Å². The molecule has 0 bridgehead atoms. The highest BCUT2D eigenvalue weighted by Gasteiger charge is 2.07. The van der Waals surface area contributed by atoms with E-state index in [9.17, 15) is 4.79 Å². The van der Waals surface area contributed by atoms with Gasteiger partial charge < -0.3 is 10.4 Å². The lowest BCUT2D eigenvalue weighted by Crippen LogP contribution is -2.19. The van der Waals surface area contributed by atoms with Crippen LogP contribution in [0.25, 0.3) is 0 Å². The highest BCUT2D eigenvalue weighted by Crippen LogP contribution is 1.95. The van der Waals surface area contributed by atoms with Crippen molar-refractivity contribution in [3.05, 3.63) is 42.0 Å². The fraction of sp³-hybridized carbons (Fsp3) is 0.273. The van der Waals surface area contributed by atoms with Crippen molar-refractivity contribution in [2.24, 2.45) is 0 Å². The van der Waals surface area contributed by atoms with Crippen molar-refractivity contribution in [3.63, 3.8) is 0 Å². The van der Waals surface area contributed by atoms with Crippen LogP contribution in [0.2, 0.25) is 0 Å². The van der Waals surface area contributed by atoms with Crippen LogP contribution >= 0.6 is 0 Å². The quantitative estimate of drug-likeness (QED) is 0.706. The van der Waals surface area contributed by atoms with Gasteiger partial charge >= 0.3 is 5.97 Å². The van der Waals surface area contributed by atoms with E-state index in [-0.39, 0.29) is 5.69 Å².